The molecule has 0 aliphatic carbocycles. The minimum absolute atomic E-state index is 0.150. The van der Waals surface area contributed by atoms with Crippen LogP contribution in [0.15, 0.2) is 29.4 Å². The molecule has 0 unspecified atom stereocenters. The van der Waals surface area contributed by atoms with Crippen LogP contribution < -0.4 is 0 Å². The van der Waals surface area contributed by atoms with Crippen LogP contribution in [0.25, 0.3) is 22.1 Å². The van der Waals surface area contributed by atoms with E-state index in [4.69, 9.17) is 0 Å². The van der Waals surface area contributed by atoms with Crippen molar-refractivity contribution in [2.45, 2.75) is 44.7 Å². The van der Waals surface area contributed by atoms with E-state index in [9.17, 15) is 4.79 Å². The van der Waals surface area contributed by atoms with Gasteiger partial charge < -0.3 is 9.88 Å². The lowest BCUT2D eigenvalue weighted by atomic mass is 10.2. The number of carbonyl (C=O) groups is 1. The minimum Gasteiger partial charge on any atom is -0.342 e. The molecule has 2 heterocycles. The molecule has 3 rings (SSSR count). The van der Waals surface area contributed by atoms with Crippen LogP contribution in [0.3, 0.4) is 0 Å². The number of hydrogen-bond donors (Lipinski definition) is 1. The van der Waals surface area contributed by atoms with Crippen LogP contribution in [0.5, 0.6) is 0 Å². The van der Waals surface area contributed by atoms with E-state index >= 15 is 0 Å². The second-order valence-corrected chi connectivity index (χ2v) is 7.28. The molecule has 0 saturated heterocycles. The van der Waals surface area contributed by atoms with Crippen LogP contribution >= 0.6 is 11.8 Å². The van der Waals surface area contributed by atoms with Crippen LogP contribution in [0.2, 0.25) is 0 Å². The molecule has 0 aliphatic rings. The highest BCUT2D eigenvalue weighted by molar-refractivity contribution is 7.99. The fourth-order valence-electron chi connectivity index (χ4n) is 2.84. The third kappa shape index (κ3) is 4.33. The van der Waals surface area contributed by atoms with Gasteiger partial charge in [0.25, 0.3) is 0 Å². The second-order valence-electron chi connectivity index (χ2n) is 6.34. The van der Waals surface area contributed by atoms with Crippen LogP contribution in [0, 0.1) is 0 Å². The fourth-order valence-corrected chi connectivity index (χ4v) is 3.53. The van der Waals surface area contributed by atoms with Gasteiger partial charge in [0.15, 0.2) is 5.65 Å². The Labute approximate surface area is 157 Å². The van der Waals surface area contributed by atoms with Crippen LogP contribution in [-0.2, 0) is 4.79 Å². The maximum atomic E-state index is 12.6. The molecule has 7 heteroatoms. The summed E-state index contributed by atoms with van der Waals surface area (Å²) in [7, 11) is 0. The number of nitrogens with zero attached hydrogens (tertiary/aromatic N) is 4. The maximum absolute atomic E-state index is 12.6. The molecule has 0 radical (unpaired) electrons. The Balaban J connectivity index is 1.67. The number of fused-ring (bicyclic) bond motifs is 3. The van der Waals surface area contributed by atoms with Crippen molar-refractivity contribution in [1.29, 1.82) is 0 Å². The number of benzene rings is 1. The van der Waals surface area contributed by atoms with Gasteiger partial charge in [-0.3, -0.25) is 4.79 Å². The second kappa shape index (κ2) is 8.98. The molecule has 0 saturated carbocycles. The van der Waals surface area contributed by atoms with Gasteiger partial charge in [-0.05, 0) is 18.9 Å². The summed E-state index contributed by atoms with van der Waals surface area (Å²) in [6.45, 7) is 5.95. The number of aromatic nitrogens is 4. The summed E-state index contributed by atoms with van der Waals surface area (Å²) in [4.78, 5) is 22.3. The third-order valence-corrected chi connectivity index (χ3v) is 5.17. The molecule has 1 N–H and O–H groups in total. The normalized spacial score (nSPS) is 11.3. The number of rotatable bonds is 9. The number of hydrogen-bond acceptors (Lipinski definition) is 5. The van der Waals surface area contributed by atoms with Crippen molar-refractivity contribution in [2.75, 3.05) is 18.8 Å². The van der Waals surface area contributed by atoms with Crippen molar-refractivity contribution >= 4 is 39.7 Å². The molecule has 138 valence electrons. The number of para-hydroxylation sites is 1. The highest BCUT2D eigenvalue weighted by atomic mass is 32.2. The van der Waals surface area contributed by atoms with Crippen molar-refractivity contribution < 1.29 is 4.79 Å². The molecule has 0 atom stereocenters. The molecule has 1 aromatic carbocycles. The lowest BCUT2D eigenvalue weighted by molar-refractivity contribution is -0.128. The first-order valence-electron chi connectivity index (χ1n) is 9.24. The van der Waals surface area contributed by atoms with Gasteiger partial charge in [0, 0.05) is 24.0 Å². The number of H-pyrrole nitrogens is 1. The first kappa shape index (κ1) is 18.6. The number of carbonyl (C=O) groups excluding carboxylic acids is 1. The van der Waals surface area contributed by atoms with Gasteiger partial charge in [0.1, 0.15) is 5.52 Å². The Morgan fingerprint density at radius 3 is 2.58 bits per heavy atom. The molecular weight excluding hydrogens is 346 g/mol. The predicted molar refractivity (Wildman–Crippen MR) is 106 cm³/mol. The Hall–Kier alpha value is -2.15. The van der Waals surface area contributed by atoms with Crippen LogP contribution in [0.4, 0.5) is 0 Å². The molecule has 2 aromatic heterocycles. The zero-order valence-corrected chi connectivity index (χ0v) is 16.2. The number of unbranched alkanes of at least 4 members (excludes halogenated alkanes) is 2. The van der Waals surface area contributed by atoms with E-state index in [1.165, 1.54) is 11.8 Å². The van der Waals surface area contributed by atoms with Gasteiger partial charge in [0.2, 0.25) is 11.1 Å². The molecule has 0 fully saturated rings. The van der Waals surface area contributed by atoms with E-state index in [0.29, 0.717) is 16.6 Å². The minimum atomic E-state index is 0.150. The van der Waals surface area contributed by atoms with Crippen LogP contribution in [-0.4, -0.2) is 49.8 Å². The summed E-state index contributed by atoms with van der Waals surface area (Å²) in [6.07, 6.45) is 4.26. The van der Waals surface area contributed by atoms with Gasteiger partial charge >= 0.3 is 0 Å². The summed E-state index contributed by atoms with van der Waals surface area (Å²) in [5.74, 6) is 0.498. The largest absolute Gasteiger partial charge is 0.342 e. The lowest BCUT2D eigenvalue weighted by Crippen LogP contribution is -2.34. The van der Waals surface area contributed by atoms with Gasteiger partial charge in [0.05, 0.1) is 5.75 Å². The van der Waals surface area contributed by atoms with E-state index in [1.807, 2.05) is 29.2 Å². The topological polar surface area (TPSA) is 74.8 Å². The number of nitrogens with one attached hydrogen (secondary N) is 1. The zero-order chi connectivity index (χ0) is 18.4. The highest BCUT2D eigenvalue weighted by Gasteiger charge is 2.15. The third-order valence-electron chi connectivity index (χ3n) is 4.34. The molecule has 3 aromatic rings. The smallest absolute Gasteiger partial charge is 0.233 e. The Kier molecular flexibility index (Phi) is 6.44. The number of thioether (sulfide) groups is 1. The Morgan fingerprint density at radius 2 is 1.85 bits per heavy atom. The molecule has 0 spiro atoms. The maximum Gasteiger partial charge on any atom is 0.233 e. The van der Waals surface area contributed by atoms with Gasteiger partial charge in [-0.25, -0.2) is 4.98 Å². The van der Waals surface area contributed by atoms with Crippen LogP contribution in [0.1, 0.15) is 39.5 Å². The van der Waals surface area contributed by atoms with Crippen molar-refractivity contribution in [2.24, 2.45) is 0 Å². The average molecular weight is 372 g/mol. The Morgan fingerprint density at radius 1 is 1.12 bits per heavy atom. The van der Waals surface area contributed by atoms with Gasteiger partial charge in [-0.15, -0.1) is 10.2 Å². The average Bonchev–Trinajstić information content (AvgIpc) is 3.04. The van der Waals surface area contributed by atoms with E-state index in [-0.39, 0.29) is 5.91 Å². The molecule has 0 aliphatic heterocycles. The summed E-state index contributed by atoms with van der Waals surface area (Å²) in [5.41, 5.74) is 2.47. The van der Waals surface area contributed by atoms with E-state index < -0.39 is 0 Å². The van der Waals surface area contributed by atoms with E-state index in [1.54, 1.807) is 0 Å². The monoisotopic (exact) mass is 371 g/mol. The molecule has 0 bridgehead atoms. The number of aromatic amines is 1. The summed E-state index contributed by atoms with van der Waals surface area (Å²) in [5, 5.41) is 10.0. The zero-order valence-electron chi connectivity index (χ0n) is 15.4. The summed E-state index contributed by atoms with van der Waals surface area (Å²) >= 11 is 1.35. The number of amides is 1. The summed E-state index contributed by atoms with van der Waals surface area (Å²) in [6, 6.07) is 7.94. The van der Waals surface area contributed by atoms with E-state index in [2.05, 4.69) is 34.0 Å². The molecule has 1 amide bonds. The SMILES string of the molecule is CCCCN(CCCC)C(=O)CSc1nnc2c(n1)[nH]c1ccccc12. The van der Waals surface area contributed by atoms with Crippen molar-refractivity contribution in [3.05, 3.63) is 24.3 Å². The van der Waals surface area contributed by atoms with Crippen molar-refractivity contribution in [1.82, 2.24) is 25.1 Å². The lowest BCUT2D eigenvalue weighted by Gasteiger charge is -2.22. The Bertz CT molecular complexity index is 871. The first-order valence-corrected chi connectivity index (χ1v) is 10.2. The van der Waals surface area contributed by atoms with Crippen molar-refractivity contribution in [3.8, 4) is 0 Å². The van der Waals surface area contributed by atoms with E-state index in [0.717, 1.165) is 55.2 Å². The highest BCUT2D eigenvalue weighted by Crippen LogP contribution is 2.23. The molecule has 26 heavy (non-hydrogen) atoms. The molecular formula is C19H25N5OS. The first-order chi connectivity index (χ1) is 12.7. The fraction of sp³-hybridized carbons (Fsp3) is 0.474. The standard InChI is InChI=1S/C19H25N5OS/c1-3-5-11-24(12-6-4-2)16(25)13-26-19-21-18-17(22-23-19)14-9-7-8-10-15(14)20-18/h7-10H,3-6,11-13H2,1-2H3,(H,20,21,23). The van der Waals surface area contributed by atoms with Gasteiger partial charge in [-0.2, -0.15) is 0 Å². The molecule has 6 nitrogen and oxygen atoms in total. The van der Waals surface area contributed by atoms with Crippen molar-refractivity contribution in [3.63, 3.8) is 0 Å². The predicted octanol–water partition coefficient (Wildman–Crippen LogP) is 4.03. The summed E-state index contributed by atoms with van der Waals surface area (Å²) < 4.78 is 0. The van der Waals surface area contributed by atoms with Gasteiger partial charge in [-0.1, -0.05) is 56.7 Å². The quantitative estimate of drug-likeness (QED) is 0.575.